The van der Waals surface area contributed by atoms with E-state index in [0.29, 0.717) is 24.2 Å². The molecule has 7 heteroatoms. The van der Waals surface area contributed by atoms with E-state index < -0.39 is 6.04 Å². The third kappa shape index (κ3) is 2.55. The molecule has 2 aliphatic rings. The van der Waals surface area contributed by atoms with Gasteiger partial charge in [-0.15, -0.1) is 0 Å². The van der Waals surface area contributed by atoms with Crippen molar-refractivity contribution in [2.24, 2.45) is 0 Å². The Morgan fingerprint density at radius 1 is 1.41 bits per heavy atom. The van der Waals surface area contributed by atoms with E-state index in [2.05, 4.69) is 10.6 Å². The summed E-state index contributed by atoms with van der Waals surface area (Å²) in [5.41, 5.74) is 1.01. The minimum atomic E-state index is -0.562. The van der Waals surface area contributed by atoms with Crippen LogP contribution in [0.1, 0.15) is 16.8 Å². The molecule has 1 fully saturated rings. The summed E-state index contributed by atoms with van der Waals surface area (Å²) in [6, 6.07) is 6.14. The number of benzene rings is 1. The second-order valence-electron chi connectivity index (χ2n) is 5.44. The Labute approximate surface area is 127 Å². The number of rotatable bonds is 3. The van der Waals surface area contributed by atoms with Gasteiger partial charge in [-0.2, -0.15) is 0 Å². The third-order valence-corrected chi connectivity index (χ3v) is 3.92. The summed E-state index contributed by atoms with van der Waals surface area (Å²) in [4.78, 5) is 38.1. The molecular formula is C15H17N3O4. The summed E-state index contributed by atoms with van der Waals surface area (Å²) in [6.07, 6.45) is 0.404. The molecule has 1 saturated heterocycles. The molecule has 7 nitrogen and oxygen atoms in total. The number of anilines is 1. The molecule has 0 aromatic heterocycles. The van der Waals surface area contributed by atoms with Crippen molar-refractivity contribution in [3.05, 3.63) is 29.8 Å². The average Bonchev–Trinajstić information content (AvgIpc) is 2.87. The lowest BCUT2D eigenvalue weighted by atomic mass is 10.1. The highest BCUT2D eigenvalue weighted by Crippen LogP contribution is 2.28. The maximum atomic E-state index is 12.6. The summed E-state index contributed by atoms with van der Waals surface area (Å²) in [5, 5.41) is 5.57. The molecule has 0 bridgehead atoms. The second kappa shape index (κ2) is 5.76. The number of carbonyl (C=O) groups is 3. The molecule has 0 unspecified atom stereocenters. The van der Waals surface area contributed by atoms with Gasteiger partial charge in [0, 0.05) is 19.7 Å². The van der Waals surface area contributed by atoms with Gasteiger partial charge in [0.25, 0.3) is 5.91 Å². The normalized spacial score (nSPS) is 23.4. The first-order chi connectivity index (χ1) is 10.6. The standard InChI is InChI=1S/C15H17N3O4/c1-22-8-13(19)16-9-6-12-14(20)17-11-5-3-2-4-10(11)15(21)18(12)7-9/h2-5,9,12H,6-8H2,1H3,(H,16,19)(H,17,20)/t9-,12-/m0/s1. The Hall–Kier alpha value is -2.41. The number of nitrogens with zero attached hydrogens (tertiary/aromatic N) is 1. The SMILES string of the molecule is COCC(=O)N[C@H]1C[C@H]2C(=O)Nc3ccccc3C(=O)N2C1. The molecule has 3 rings (SSSR count). The number of ether oxygens (including phenoxy) is 1. The lowest BCUT2D eigenvalue weighted by Crippen LogP contribution is -2.41. The smallest absolute Gasteiger partial charge is 0.256 e. The van der Waals surface area contributed by atoms with Gasteiger partial charge in [-0.05, 0) is 18.6 Å². The van der Waals surface area contributed by atoms with Gasteiger partial charge in [0.15, 0.2) is 0 Å². The molecule has 1 aromatic carbocycles. The predicted octanol–water partition coefficient (Wildman–Crippen LogP) is -0.0156. The Kier molecular flexibility index (Phi) is 3.81. The monoisotopic (exact) mass is 303 g/mol. The summed E-state index contributed by atoms with van der Waals surface area (Å²) in [5.74, 6) is -0.664. The molecule has 0 spiro atoms. The van der Waals surface area contributed by atoms with Gasteiger partial charge in [0.2, 0.25) is 11.8 Å². The Balaban J connectivity index is 1.80. The zero-order chi connectivity index (χ0) is 15.7. The van der Waals surface area contributed by atoms with E-state index in [4.69, 9.17) is 4.74 Å². The zero-order valence-corrected chi connectivity index (χ0v) is 12.2. The lowest BCUT2D eigenvalue weighted by molar-refractivity contribution is -0.125. The second-order valence-corrected chi connectivity index (χ2v) is 5.44. The van der Waals surface area contributed by atoms with Crippen molar-refractivity contribution in [1.29, 1.82) is 0 Å². The van der Waals surface area contributed by atoms with Gasteiger partial charge in [0.1, 0.15) is 12.6 Å². The fourth-order valence-electron chi connectivity index (χ4n) is 2.96. The van der Waals surface area contributed by atoms with Crippen LogP contribution in [-0.4, -0.2) is 55.0 Å². The van der Waals surface area contributed by atoms with Gasteiger partial charge in [-0.1, -0.05) is 12.1 Å². The molecule has 2 N–H and O–H groups in total. The van der Waals surface area contributed by atoms with Gasteiger partial charge in [-0.25, -0.2) is 0 Å². The van der Waals surface area contributed by atoms with Crippen LogP contribution >= 0.6 is 0 Å². The quantitative estimate of drug-likeness (QED) is 0.822. The highest BCUT2D eigenvalue weighted by molar-refractivity contribution is 6.10. The van der Waals surface area contributed by atoms with Crippen molar-refractivity contribution in [2.75, 3.05) is 25.6 Å². The van der Waals surface area contributed by atoms with Gasteiger partial charge >= 0.3 is 0 Å². The van der Waals surface area contributed by atoms with E-state index in [1.807, 2.05) is 0 Å². The van der Waals surface area contributed by atoms with Crippen molar-refractivity contribution in [3.63, 3.8) is 0 Å². The molecule has 0 aliphatic carbocycles. The molecule has 22 heavy (non-hydrogen) atoms. The summed E-state index contributed by atoms with van der Waals surface area (Å²) < 4.78 is 4.77. The number of hydrogen-bond acceptors (Lipinski definition) is 4. The van der Waals surface area contributed by atoms with Gasteiger partial charge in [0.05, 0.1) is 11.3 Å². The first kappa shape index (κ1) is 14.5. The maximum absolute atomic E-state index is 12.6. The van der Waals surface area contributed by atoms with Crippen LogP contribution in [0.15, 0.2) is 24.3 Å². The highest BCUT2D eigenvalue weighted by Gasteiger charge is 2.42. The molecule has 3 amide bonds. The average molecular weight is 303 g/mol. The van der Waals surface area contributed by atoms with Gasteiger partial charge < -0.3 is 20.3 Å². The third-order valence-electron chi connectivity index (χ3n) is 3.92. The first-order valence-electron chi connectivity index (χ1n) is 7.09. The largest absolute Gasteiger partial charge is 0.375 e. The molecule has 116 valence electrons. The van der Waals surface area contributed by atoms with Gasteiger partial charge in [-0.3, -0.25) is 14.4 Å². The Morgan fingerprint density at radius 3 is 2.95 bits per heavy atom. The first-order valence-corrected chi connectivity index (χ1v) is 7.09. The Morgan fingerprint density at radius 2 is 2.18 bits per heavy atom. The summed E-state index contributed by atoms with van der Waals surface area (Å²) >= 11 is 0. The topological polar surface area (TPSA) is 87.7 Å². The number of hydrogen-bond donors (Lipinski definition) is 2. The molecule has 1 aromatic rings. The molecule has 0 saturated carbocycles. The van der Waals surface area contributed by atoms with Crippen LogP contribution in [-0.2, 0) is 14.3 Å². The number of carbonyl (C=O) groups excluding carboxylic acids is 3. The van der Waals surface area contributed by atoms with Crippen molar-refractivity contribution in [1.82, 2.24) is 10.2 Å². The maximum Gasteiger partial charge on any atom is 0.256 e. The number of fused-ring (bicyclic) bond motifs is 2. The minimum Gasteiger partial charge on any atom is -0.375 e. The molecule has 0 radical (unpaired) electrons. The van der Waals surface area contributed by atoms with Crippen LogP contribution in [0.4, 0.5) is 5.69 Å². The van der Waals surface area contributed by atoms with Crippen molar-refractivity contribution in [3.8, 4) is 0 Å². The minimum absolute atomic E-state index is 0.0376. The van der Waals surface area contributed by atoms with Crippen LogP contribution in [0, 0.1) is 0 Å². The number of nitrogens with one attached hydrogen (secondary N) is 2. The van der Waals surface area contributed by atoms with E-state index in [1.54, 1.807) is 24.3 Å². The summed E-state index contributed by atoms with van der Waals surface area (Å²) in [6.45, 7) is 0.283. The number of para-hydroxylation sites is 1. The van der Waals surface area contributed by atoms with Crippen molar-refractivity contribution >= 4 is 23.4 Å². The van der Waals surface area contributed by atoms with Crippen molar-refractivity contribution < 1.29 is 19.1 Å². The lowest BCUT2D eigenvalue weighted by Gasteiger charge is -2.20. The molecule has 2 aliphatic heterocycles. The fraction of sp³-hybridized carbons (Fsp3) is 0.400. The predicted molar refractivity (Wildman–Crippen MR) is 78.3 cm³/mol. The van der Waals surface area contributed by atoms with E-state index in [-0.39, 0.29) is 30.4 Å². The van der Waals surface area contributed by atoms with E-state index >= 15 is 0 Å². The molecule has 2 heterocycles. The van der Waals surface area contributed by atoms with Crippen LogP contribution in [0.5, 0.6) is 0 Å². The number of methoxy groups -OCH3 is 1. The van der Waals surface area contributed by atoms with E-state index in [0.717, 1.165) is 0 Å². The van der Waals surface area contributed by atoms with Crippen molar-refractivity contribution in [2.45, 2.75) is 18.5 Å². The van der Waals surface area contributed by atoms with Crippen LogP contribution in [0.3, 0.4) is 0 Å². The molecule has 2 atom stereocenters. The zero-order valence-electron chi connectivity index (χ0n) is 12.2. The fourth-order valence-corrected chi connectivity index (χ4v) is 2.96. The van der Waals surface area contributed by atoms with E-state index in [1.165, 1.54) is 12.0 Å². The van der Waals surface area contributed by atoms with Crippen LogP contribution in [0.25, 0.3) is 0 Å². The number of amides is 3. The summed E-state index contributed by atoms with van der Waals surface area (Å²) in [7, 11) is 1.44. The van der Waals surface area contributed by atoms with Crippen LogP contribution < -0.4 is 10.6 Å². The molecular weight excluding hydrogens is 286 g/mol. The van der Waals surface area contributed by atoms with Crippen LogP contribution in [0.2, 0.25) is 0 Å². The highest BCUT2D eigenvalue weighted by atomic mass is 16.5. The Bertz CT molecular complexity index is 631. The van der Waals surface area contributed by atoms with E-state index in [9.17, 15) is 14.4 Å².